The molecule has 3 aromatic rings. The third kappa shape index (κ3) is 3.35. The normalized spacial score (nSPS) is 17.7. The van der Waals surface area contributed by atoms with E-state index in [2.05, 4.69) is 15.6 Å². The van der Waals surface area contributed by atoms with E-state index in [1.807, 2.05) is 25.3 Å². The molecule has 0 bridgehead atoms. The van der Waals surface area contributed by atoms with Gasteiger partial charge in [-0.25, -0.2) is 12.7 Å². The molecule has 0 amide bonds. The Morgan fingerprint density at radius 1 is 1.31 bits per heavy atom. The second-order valence-electron chi connectivity index (χ2n) is 7.40. The Morgan fingerprint density at radius 3 is 2.72 bits per heavy atom. The molecule has 0 saturated carbocycles. The van der Waals surface area contributed by atoms with Crippen molar-refractivity contribution in [3.05, 3.63) is 46.9 Å². The first kappa shape index (κ1) is 19.7. The number of nitrogens with zero attached hydrogens (tertiary/aromatic N) is 4. The Labute approximate surface area is 174 Å². The van der Waals surface area contributed by atoms with E-state index in [-0.39, 0.29) is 6.04 Å². The molecule has 29 heavy (non-hydrogen) atoms. The van der Waals surface area contributed by atoms with Crippen molar-refractivity contribution in [2.24, 2.45) is 0 Å². The van der Waals surface area contributed by atoms with Crippen molar-refractivity contribution in [3.8, 4) is 17.2 Å². The number of aromatic nitrogens is 2. The Bertz CT molecular complexity index is 1280. The summed E-state index contributed by atoms with van der Waals surface area (Å²) in [4.78, 5) is 4.17. The monoisotopic (exact) mass is 429 g/mol. The number of hydrogen-bond donors (Lipinski definition) is 1. The number of sulfonamides is 1. The van der Waals surface area contributed by atoms with E-state index in [1.165, 1.54) is 16.8 Å². The van der Waals surface area contributed by atoms with Crippen LogP contribution in [0.15, 0.2) is 30.7 Å². The summed E-state index contributed by atoms with van der Waals surface area (Å²) in [6.45, 7) is 2.78. The van der Waals surface area contributed by atoms with Crippen molar-refractivity contribution >= 4 is 38.2 Å². The van der Waals surface area contributed by atoms with Crippen LogP contribution in [0.2, 0.25) is 5.02 Å². The summed E-state index contributed by atoms with van der Waals surface area (Å²) in [5.74, 6) is 0. The van der Waals surface area contributed by atoms with Gasteiger partial charge in [0.15, 0.2) is 0 Å². The van der Waals surface area contributed by atoms with E-state index in [9.17, 15) is 13.7 Å². The smallest absolute Gasteiger partial charge is 0.211 e. The minimum atomic E-state index is -3.24. The molecule has 4 rings (SSSR count). The minimum Gasteiger partial charge on any atom is -0.396 e. The molecule has 1 fully saturated rings. The lowest BCUT2D eigenvalue weighted by molar-refractivity contribution is 0.460. The summed E-state index contributed by atoms with van der Waals surface area (Å²) < 4.78 is 27.5. The van der Waals surface area contributed by atoms with Crippen molar-refractivity contribution in [2.75, 3.05) is 25.1 Å². The molecule has 2 N–H and O–H groups in total. The molecule has 1 aliphatic heterocycles. The summed E-state index contributed by atoms with van der Waals surface area (Å²) in [5, 5.41) is 10.8. The largest absolute Gasteiger partial charge is 0.396 e. The Hall–Kier alpha value is -2.60. The van der Waals surface area contributed by atoms with Crippen LogP contribution in [0.25, 0.3) is 22.0 Å². The van der Waals surface area contributed by atoms with Crippen LogP contribution in [0.3, 0.4) is 0 Å². The van der Waals surface area contributed by atoms with Gasteiger partial charge in [0.05, 0.1) is 34.8 Å². The van der Waals surface area contributed by atoms with Gasteiger partial charge in [-0.05, 0) is 31.0 Å². The quantitative estimate of drug-likeness (QED) is 0.687. The van der Waals surface area contributed by atoms with Gasteiger partial charge in [0.25, 0.3) is 0 Å². The van der Waals surface area contributed by atoms with E-state index >= 15 is 0 Å². The highest BCUT2D eigenvalue weighted by Gasteiger charge is 2.31. The predicted molar refractivity (Wildman–Crippen MR) is 114 cm³/mol. The van der Waals surface area contributed by atoms with Crippen molar-refractivity contribution in [1.82, 2.24) is 13.9 Å². The molecule has 150 valence electrons. The molecule has 1 aromatic carbocycles. The number of halogens is 1. The fraction of sp³-hybridized carbons (Fsp3) is 0.300. The first-order valence-electron chi connectivity index (χ1n) is 9.10. The maximum Gasteiger partial charge on any atom is 0.211 e. The zero-order chi connectivity index (χ0) is 20.9. The maximum atomic E-state index is 12.0. The van der Waals surface area contributed by atoms with Gasteiger partial charge in [0, 0.05) is 53.6 Å². The molecule has 0 spiro atoms. The highest BCUT2D eigenvalue weighted by molar-refractivity contribution is 7.88. The highest BCUT2D eigenvalue weighted by Crippen LogP contribution is 2.40. The van der Waals surface area contributed by atoms with Gasteiger partial charge in [-0.3, -0.25) is 4.98 Å². The van der Waals surface area contributed by atoms with Crippen molar-refractivity contribution in [1.29, 1.82) is 5.26 Å². The molecule has 9 heteroatoms. The third-order valence-corrected chi connectivity index (χ3v) is 7.18. The van der Waals surface area contributed by atoms with Crippen LogP contribution in [-0.2, 0) is 10.0 Å². The van der Waals surface area contributed by atoms with Crippen molar-refractivity contribution < 1.29 is 8.42 Å². The molecular formula is C20H20ClN5O2S. The number of nitrogen functional groups attached to an aromatic ring is 1. The van der Waals surface area contributed by atoms with Gasteiger partial charge in [-0.2, -0.15) is 5.26 Å². The number of anilines is 1. The summed E-state index contributed by atoms with van der Waals surface area (Å²) in [6.07, 6.45) is 7.05. The van der Waals surface area contributed by atoms with Gasteiger partial charge in [-0.1, -0.05) is 11.6 Å². The van der Waals surface area contributed by atoms with E-state index < -0.39 is 10.0 Å². The molecule has 1 atom stereocenters. The van der Waals surface area contributed by atoms with Gasteiger partial charge < -0.3 is 10.3 Å². The minimum absolute atomic E-state index is 0.0129. The van der Waals surface area contributed by atoms with Gasteiger partial charge in [0.2, 0.25) is 10.0 Å². The lowest BCUT2D eigenvalue weighted by Gasteiger charge is -2.16. The number of fused-ring (bicyclic) bond motifs is 1. The van der Waals surface area contributed by atoms with Crippen LogP contribution in [0.1, 0.15) is 23.6 Å². The SMILES string of the molecule is Cc1cc2c(cc1C#N)c(-c1cncc(N)c1Cl)cn2C1CCN(S(C)(=O)=O)C1. The van der Waals surface area contributed by atoms with E-state index in [0.717, 1.165) is 22.0 Å². The van der Waals surface area contributed by atoms with Gasteiger partial charge in [0.1, 0.15) is 0 Å². The average molecular weight is 430 g/mol. The predicted octanol–water partition coefficient (Wildman–Crippen LogP) is 3.33. The van der Waals surface area contributed by atoms with E-state index in [1.54, 1.807) is 6.20 Å². The number of pyridine rings is 1. The Morgan fingerprint density at radius 2 is 2.07 bits per heavy atom. The summed E-state index contributed by atoms with van der Waals surface area (Å²) in [5.41, 5.74) is 10.2. The van der Waals surface area contributed by atoms with Gasteiger partial charge in [-0.15, -0.1) is 0 Å². The van der Waals surface area contributed by atoms with E-state index in [0.29, 0.717) is 41.3 Å². The standard InChI is InChI=1S/C20H20ClN5O2S/c1-12-5-19-15(6-13(12)7-22)17(16-8-24-9-18(23)20(16)21)11-26(19)14-3-4-25(10-14)29(2,27)28/h5-6,8-9,11,14H,3-4,10,23H2,1-2H3. The molecule has 0 aliphatic carbocycles. The average Bonchev–Trinajstić information content (AvgIpc) is 3.28. The first-order chi connectivity index (χ1) is 13.7. The van der Waals surface area contributed by atoms with Crippen LogP contribution in [0.5, 0.6) is 0 Å². The zero-order valence-corrected chi connectivity index (χ0v) is 17.6. The first-order valence-corrected chi connectivity index (χ1v) is 11.3. The molecule has 1 aliphatic rings. The van der Waals surface area contributed by atoms with Crippen molar-refractivity contribution in [3.63, 3.8) is 0 Å². The number of aryl methyl sites for hydroxylation is 1. The zero-order valence-electron chi connectivity index (χ0n) is 16.1. The Kier molecular flexibility index (Phi) is 4.77. The number of rotatable bonds is 3. The number of hydrogen-bond acceptors (Lipinski definition) is 5. The molecule has 2 aromatic heterocycles. The maximum absolute atomic E-state index is 12.0. The molecule has 3 heterocycles. The summed E-state index contributed by atoms with van der Waals surface area (Å²) >= 11 is 6.46. The fourth-order valence-corrected chi connectivity index (χ4v) is 5.00. The summed E-state index contributed by atoms with van der Waals surface area (Å²) in [7, 11) is -3.24. The van der Waals surface area contributed by atoms with Crippen LogP contribution in [0.4, 0.5) is 5.69 Å². The third-order valence-electron chi connectivity index (χ3n) is 5.49. The van der Waals surface area contributed by atoms with Crippen LogP contribution >= 0.6 is 11.6 Å². The van der Waals surface area contributed by atoms with Crippen LogP contribution in [0, 0.1) is 18.3 Å². The van der Waals surface area contributed by atoms with Crippen LogP contribution < -0.4 is 5.73 Å². The van der Waals surface area contributed by atoms with E-state index in [4.69, 9.17) is 17.3 Å². The molecule has 7 nitrogen and oxygen atoms in total. The molecule has 1 unspecified atom stereocenters. The highest BCUT2D eigenvalue weighted by atomic mass is 35.5. The second-order valence-corrected chi connectivity index (χ2v) is 9.76. The second kappa shape index (κ2) is 7.02. The van der Waals surface area contributed by atoms with Crippen LogP contribution in [-0.4, -0.2) is 41.6 Å². The lowest BCUT2D eigenvalue weighted by atomic mass is 10.0. The molecular weight excluding hydrogens is 410 g/mol. The molecule has 1 saturated heterocycles. The molecule has 0 radical (unpaired) electrons. The Balaban J connectivity index is 1.94. The fourth-order valence-electron chi connectivity index (χ4n) is 3.93. The lowest BCUT2D eigenvalue weighted by Crippen LogP contribution is -2.27. The number of nitriles is 1. The number of nitrogens with two attached hydrogens (primary N) is 1. The van der Waals surface area contributed by atoms with Crippen molar-refractivity contribution in [2.45, 2.75) is 19.4 Å². The van der Waals surface area contributed by atoms with Gasteiger partial charge >= 0.3 is 0 Å². The summed E-state index contributed by atoms with van der Waals surface area (Å²) in [6, 6.07) is 6.03. The topological polar surface area (TPSA) is 105 Å². The number of benzene rings is 1.